The molecule has 0 radical (unpaired) electrons. The molecule has 1 aliphatic heterocycles. The number of methoxy groups -OCH3 is 1. The van der Waals surface area contributed by atoms with E-state index < -0.39 is 29.9 Å². The van der Waals surface area contributed by atoms with Gasteiger partial charge < -0.3 is 20.3 Å². The van der Waals surface area contributed by atoms with Gasteiger partial charge in [0.15, 0.2) is 0 Å². The number of hydrogen-bond donors (Lipinski definition) is 2. The molecule has 0 aromatic heterocycles. The third-order valence-electron chi connectivity index (χ3n) is 4.98. The summed E-state index contributed by atoms with van der Waals surface area (Å²) in [5.41, 5.74) is -0.690. The van der Waals surface area contributed by atoms with Gasteiger partial charge in [0, 0.05) is 13.1 Å². The van der Waals surface area contributed by atoms with Gasteiger partial charge in [0.25, 0.3) is 5.91 Å². The highest BCUT2D eigenvalue weighted by Crippen LogP contribution is 2.30. The number of nitrogens with one attached hydrogen (secondary N) is 2. The number of rotatable bonds is 7. The molecular formula is C19H24N4O5. The maximum atomic E-state index is 12.9. The van der Waals surface area contributed by atoms with E-state index in [-0.39, 0.29) is 18.5 Å². The molecule has 2 N–H and O–H groups in total. The van der Waals surface area contributed by atoms with E-state index in [1.54, 1.807) is 31.2 Å². The van der Waals surface area contributed by atoms with Gasteiger partial charge in [-0.2, -0.15) is 0 Å². The molecule has 0 spiro atoms. The Labute approximate surface area is 163 Å². The number of benzene rings is 1. The van der Waals surface area contributed by atoms with Gasteiger partial charge in [-0.05, 0) is 37.5 Å². The second-order valence-electron chi connectivity index (χ2n) is 7.27. The lowest BCUT2D eigenvalue weighted by atomic mass is 9.92. The van der Waals surface area contributed by atoms with Gasteiger partial charge in [-0.3, -0.25) is 19.3 Å². The minimum Gasteiger partial charge on any atom is -0.497 e. The highest BCUT2D eigenvalue weighted by molar-refractivity contribution is 6.09. The molecule has 1 aromatic carbocycles. The van der Waals surface area contributed by atoms with Crippen LogP contribution in [0.2, 0.25) is 0 Å². The van der Waals surface area contributed by atoms with E-state index in [1.165, 1.54) is 19.1 Å². The predicted molar refractivity (Wildman–Crippen MR) is 99.4 cm³/mol. The number of amides is 5. The number of carbonyl (C=O) groups excluding carboxylic acids is 4. The van der Waals surface area contributed by atoms with E-state index in [1.807, 2.05) is 0 Å². The van der Waals surface area contributed by atoms with E-state index in [0.29, 0.717) is 11.3 Å². The Bertz CT molecular complexity index is 805. The van der Waals surface area contributed by atoms with Crippen LogP contribution in [0.25, 0.3) is 0 Å². The molecule has 0 bridgehead atoms. The van der Waals surface area contributed by atoms with Gasteiger partial charge in [-0.15, -0.1) is 0 Å². The van der Waals surface area contributed by atoms with Crippen LogP contribution in [0.1, 0.15) is 25.3 Å². The first-order chi connectivity index (χ1) is 13.2. The molecule has 2 fully saturated rings. The predicted octanol–water partition coefficient (Wildman–Crippen LogP) is 0.199. The van der Waals surface area contributed by atoms with Crippen molar-refractivity contribution in [3.8, 4) is 5.75 Å². The van der Waals surface area contributed by atoms with Crippen molar-refractivity contribution in [1.82, 2.24) is 20.4 Å². The lowest BCUT2D eigenvalue weighted by molar-refractivity contribution is -0.139. The summed E-state index contributed by atoms with van der Waals surface area (Å²) in [7, 11) is 3.00. The number of likely N-dealkylation sites (N-methyl/N-ethyl adjacent to an activating group) is 1. The summed E-state index contributed by atoms with van der Waals surface area (Å²) in [6, 6.07) is 6.33. The largest absolute Gasteiger partial charge is 0.497 e. The van der Waals surface area contributed by atoms with Crippen LogP contribution < -0.4 is 15.4 Å². The van der Waals surface area contributed by atoms with Crippen LogP contribution in [0, 0.1) is 0 Å². The fourth-order valence-corrected chi connectivity index (χ4v) is 3.02. The Kier molecular flexibility index (Phi) is 5.26. The van der Waals surface area contributed by atoms with Crippen molar-refractivity contribution in [3.63, 3.8) is 0 Å². The summed E-state index contributed by atoms with van der Waals surface area (Å²) in [6.45, 7) is 1.05. The average Bonchev–Trinajstić information content (AvgIpc) is 3.45. The van der Waals surface area contributed by atoms with E-state index in [2.05, 4.69) is 10.6 Å². The van der Waals surface area contributed by atoms with E-state index in [9.17, 15) is 19.2 Å². The third kappa shape index (κ3) is 3.92. The third-order valence-corrected chi connectivity index (χ3v) is 4.98. The second kappa shape index (κ2) is 7.49. The zero-order valence-corrected chi connectivity index (χ0v) is 16.2. The van der Waals surface area contributed by atoms with Crippen LogP contribution in [0.15, 0.2) is 24.3 Å². The topological polar surface area (TPSA) is 108 Å². The molecule has 1 saturated heterocycles. The van der Waals surface area contributed by atoms with Gasteiger partial charge in [0.2, 0.25) is 11.8 Å². The lowest BCUT2D eigenvalue weighted by Gasteiger charge is -2.23. The van der Waals surface area contributed by atoms with Crippen molar-refractivity contribution in [2.24, 2.45) is 0 Å². The first-order valence-electron chi connectivity index (χ1n) is 9.06. The van der Waals surface area contributed by atoms with Crippen LogP contribution in [0.4, 0.5) is 4.79 Å². The molecule has 9 nitrogen and oxygen atoms in total. The molecule has 1 heterocycles. The molecule has 3 rings (SSSR count). The van der Waals surface area contributed by atoms with E-state index >= 15 is 0 Å². The van der Waals surface area contributed by atoms with E-state index in [4.69, 9.17) is 4.74 Å². The summed E-state index contributed by atoms with van der Waals surface area (Å²) < 4.78 is 5.11. The van der Waals surface area contributed by atoms with Crippen molar-refractivity contribution in [1.29, 1.82) is 0 Å². The highest BCUT2D eigenvalue weighted by atomic mass is 16.5. The van der Waals surface area contributed by atoms with Gasteiger partial charge in [0.1, 0.15) is 17.8 Å². The Hall–Kier alpha value is -3.10. The molecule has 1 aliphatic carbocycles. The quantitative estimate of drug-likeness (QED) is 0.649. The van der Waals surface area contributed by atoms with Crippen LogP contribution in [-0.4, -0.2) is 66.8 Å². The minimum absolute atomic E-state index is 0.116. The van der Waals surface area contributed by atoms with Crippen molar-refractivity contribution in [2.45, 2.75) is 31.3 Å². The molecule has 28 heavy (non-hydrogen) atoms. The van der Waals surface area contributed by atoms with Crippen molar-refractivity contribution in [3.05, 3.63) is 29.8 Å². The van der Waals surface area contributed by atoms with Crippen molar-refractivity contribution < 1.29 is 23.9 Å². The molecule has 1 atom stereocenters. The number of hydrogen-bond acceptors (Lipinski definition) is 5. The second-order valence-corrected chi connectivity index (χ2v) is 7.27. The number of urea groups is 1. The molecule has 5 amide bonds. The normalized spacial score (nSPS) is 21.3. The molecule has 2 aliphatic rings. The summed E-state index contributed by atoms with van der Waals surface area (Å²) >= 11 is 0. The smallest absolute Gasteiger partial charge is 0.325 e. The highest BCUT2D eigenvalue weighted by Gasteiger charge is 2.49. The fraction of sp³-hybridized carbons (Fsp3) is 0.474. The molecule has 150 valence electrons. The van der Waals surface area contributed by atoms with Crippen LogP contribution in [-0.2, 0) is 19.9 Å². The number of carbonyl (C=O) groups is 4. The van der Waals surface area contributed by atoms with Gasteiger partial charge in [0.05, 0.1) is 13.7 Å². The van der Waals surface area contributed by atoms with E-state index in [0.717, 1.165) is 17.7 Å². The van der Waals surface area contributed by atoms with Crippen molar-refractivity contribution in [2.75, 3.05) is 27.2 Å². The van der Waals surface area contributed by atoms with Gasteiger partial charge >= 0.3 is 6.03 Å². The Morgan fingerprint density at radius 1 is 1.29 bits per heavy atom. The Morgan fingerprint density at radius 3 is 2.50 bits per heavy atom. The molecule has 1 saturated carbocycles. The van der Waals surface area contributed by atoms with Gasteiger partial charge in [-0.1, -0.05) is 12.1 Å². The number of ether oxygens (including phenoxy) is 1. The summed E-state index contributed by atoms with van der Waals surface area (Å²) in [6.07, 6.45) is 1.91. The van der Waals surface area contributed by atoms with Gasteiger partial charge in [-0.25, -0.2) is 4.79 Å². The summed E-state index contributed by atoms with van der Waals surface area (Å²) in [5, 5.41) is 5.44. The van der Waals surface area contributed by atoms with Crippen molar-refractivity contribution >= 4 is 23.8 Å². The standard InChI is InChI=1S/C19H24N4O5/c1-19(12-4-8-14(28-3)9-5-12)17(26)23(18(27)21-19)11-16(25)22(2)10-15(24)20-13-6-7-13/h4-5,8-9,13H,6-7,10-11H2,1-3H3,(H,20,24)(H,21,27)/t19-/m0/s1. The summed E-state index contributed by atoms with van der Waals surface area (Å²) in [5.74, 6) is -0.638. The summed E-state index contributed by atoms with van der Waals surface area (Å²) in [4.78, 5) is 51.6. The molecule has 9 heteroatoms. The first kappa shape index (κ1) is 19.7. The number of imide groups is 1. The lowest BCUT2D eigenvalue weighted by Crippen LogP contribution is -2.46. The monoisotopic (exact) mass is 388 g/mol. The Morgan fingerprint density at radius 2 is 1.93 bits per heavy atom. The zero-order chi connectivity index (χ0) is 20.5. The van der Waals surface area contributed by atoms with Crippen LogP contribution >= 0.6 is 0 Å². The fourth-order valence-electron chi connectivity index (χ4n) is 3.02. The number of nitrogens with zero attached hydrogens (tertiary/aromatic N) is 2. The zero-order valence-electron chi connectivity index (χ0n) is 16.2. The maximum Gasteiger partial charge on any atom is 0.325 e. The molecular weight excluding hydrogens is 364 g/mol. The van der Waals surface area contributed by atoms with Crippen LogP contribution in [0.5, 0.6) is 5.75 Å². The van der Waals surface area contributed by atoms with Crippen LogP contribution in [0.3, 0.4) is 0 Å². The maximum absolute atomic E-state index is 12.9. The molecule has 1 aromatic rings. The SMILES string of the molecule is COc1ccc([C@]2(C)NC(=O)N(CC(=O)N(C)CC(=O)NC3CC3)C2=O)cc1. The first-order valence-corrected chi connectivity index (χ1v) is 9.06. The Balaban J connectivity index is 1.65. The average molecular weight is 388 g/mol. The molecule has 0 unspecified atom stereocenters. The minimum atomic E-state index is -1.27.